The number of benzene rings is 1. The fraction of sp³-hybridized carbons (Fsp3) is 0. The molecule has 1 aromatic carbocycles. The van der Waals surface area contributed by atoms with E-state index in [0.29, 0.717) is 23.3 Å². The van der Waals surface area contributed by atoms with Gasteiger partial charge in [-0.3, -0.25) is 0 Å². The van der Waals surface area contributed by atoms with E-state index in [1.807, 2.05) is 0 Å². The van der Waals surface area contributed by atoms with Crippen LogP contribution in [0.4, 0.5) is 5.69 Å². The SMILES string of the molecule is Nc1ccc(Oc2ccnc(-n3cncn3)n2)cc1. The van der Waals surface area contributed by atoms with Crippen LogP contribution in [-0.2, 0) is 0 Å². The van der Waals surface area contributed by atoms with E-state index in [1.165, 1.54) is 17.3 Å². The first-order chi connectivity index (χ1) is 9.31. The molecule has 0 amide bonds. The van der Waals surface area contributed by atoms with Gasteiger partial charge in [0.25, 0.3) is 5.95 Å². The molecule has 3 aromatic rings. The van der Waals surface area contributed by atoms with E-state index in [0.717, 1.165) is 0 Å². The summed E-state index contributed by atoms with van der Waals surface area (Å²) in [6.45, 7) is 0. The summed E-state index contributed by atoms with van der Waals surface area (Å²) in [6, 6.07) is 8.72. The van der Waals surface area contributed by atoms with Crippen molar-refractivity contribution in [2.75, 3.05) is 5.73 Å². The lowest BCUT2D eigenvalue weighted by molar-refractivity contribution is 0.459. The largest absolute Gasteiger partial charge is 0.439 e. The molecular formula is C12H10N6O. The monoisotopic (exact) mass is 254 g/mol. The zero-order valence-corrected chi connectivity index (χ0v) is 9.84. The number of anilines is 1. The minimum atomic E-state index is 0.394. The number of nitrogen functional groups attached to an aromatic ring is 1. The summed E-state index contributed by atoms with van der Waals surface area (Å²) in [5, 5.41) is 3.95. The standard InChI is InChI=1S/C12H10N6O/c13-9-1-3-10(4-2-9)19-11-5-6-15-12(17-11)18-8-14-7-16-18/h1-8H,13H2. The Morgan fingerprint density at radius 2 is 1.95 bits per heavy atom. The van der Waals surface area contributed by atoms with Gasteiger partial charge in [-0.25, -0.2) is 9.97 Å². The van der Waals surface area contributed by atoms with Crippen LogP contribution in [0.5, 0.6) is 11.6 Å². The zero-order valence-electron chi connectivity index (χ0n) is 9.84. The second kappa shape index (κ2) is 4.73. The van der Waals surface area contributed by atoms with E-state index < -0.39 is 0 Å². The Labute approximate surface area is 108 Å². The first-order valence-corrected chi connectivity index (χ1v) is 5.53. The molecule has 2 heterocycles. The predicted octanol–water partition coefficient (Wildman–Crippen LogP) is 1.43. The molecule has 2 N–H and O–H groups in total. The van der Waals surface area contributed by atoms with Gasteiger partial charge in [0.05, 0.1) is 0 Å². The maximum absolute atomic E-state index is 5.61. The van der Waals surface area contributed by atoms with Gasteiger partial charge in [0.1, 0.15) is 18.4 Å². The van der Waals surface area contributed by atoms with Crippen molar-refractivity contribution in [1.82, 2.24) is 24.7 Å². The maximum Gasteiger partial charge on any atom is 0.255 e. The van der Waals surface area contributed by atoms with Crippen LogP contribution in [0.15, 0.2) is 49.2 Å². The van der Waals surface area contributed by atoms with E-state index in [1.54, 1.807) is 36.5 Å². The molecule has 0 aliphatic heterocycles. The molecule has 0 aliphatic carbocycles. The van der Waals surface area contributed by atoms with Crippen molar-refractivity contribution in [3.63, 3.8) is 0 Å². The van der Waals surface area contributed by atoms with E-state index >= 15 is 0 Å². The van der Waals surface area contributed by atoms with Gasteiger partial charge in [0, 0.05) is 18.0 Å². The minimum absolute atomic E-state index is 0.394. The Bertz CT molecular complexity index is 665. The first kappa shape index (κ1) is 11.1. The quantitative estimate of drug-likeness (QED) is 0.711. The molecule has 0 radical (unpaired) electrons. The highest BCUT2D eigenvalue weighted by molar-refractivity contribution is 5.42. The number of hydrogen-bond acceptors (Lipinski definition) is 6. The van der Waals surface area contributed by atoms with E-state index in [2.05, 4.69) is 20.1 Å². The van der Waals surface area contributed by atoms with Crippen molar-refractivity contribution in [2.45, 2.75) is 0 Å². The van der Waals surface area contributed by atoms with Gasteiger partial charge in [-0.1, -0.05) is 0 Å². The lowest BCUT2D eigenvalue weighted by Gasteiger charge is -2.05. The van der Waals surface area contributed by atoms with Crippen LogP contribution in [0.3, 0.4) is 0 Å². The van der Waals surface area contributed by atoms with Crippen molar-refractivity contribution in [3.8, 4) is 17.6 Å². The lowest BCUT2D eigenvalue weighted by atomic mass is 10.3. The van der Waals surface area contributed by atoms with E-state index in [9.17, 15) is 0 Å². The second-order valence-corrected chi connectivity index (χ2v) is 3.71. The number of hydrogen-bond donors (Lipinski definition) is 1. The van der Waals surface area contributed by atoms with Crippen LogP contribution in [-0.4, -0.2) is 24.7 Å². The molecule has 0 bridgehead atoms. The highest BCUT2D eigenvalue weighted by Crippen LogP contribution is 2.20. The van der Waals surface area contributed by atoms with Gasteiger partial charge in [-0.2, -0.15) is 14.8 Å². The molecule has 0 fully saturated rings. The van der Waals surface area contributed by atoms with Crippen molar-refractivity contribution in [2.24, 2.45) is 0 Å². The molecule has 0 atom stereocenters. The van der Waals surface area contributed by atoms with Crippen LogP contribution in [0, 0.1) is 0 Å². The Morgan fingerprint density at radius 3 is 2.68 bits per heavy atom. The van der Waals surface area contributed by atoms with Crippen LogP contribution in [0.25, 0.3) is 5.95 Å². The average molecular weight is 254 g/mol. The molecule has 0 spiro atoms. The molecule has 7 heteroatoms. The summed E-state index contributed by atoms with van der Waals surface area (Å²) < 4.78 is 7.06. The second-order valence-electron chi connectivity index (χ2n) is 3.71. The van der Waals surface area contributed by atoms with Gasteiger partial charge < -0.3 is 10.5 Å². The van der Waals surface area contributed by atoms with Gasteiger partial charge in [0.2, 0.25) is 5.88 Å². The number of nitrogens with zero attached hydrogens (tertiary/aromatic N) is 5. The van der Waals surface area contributed by atoms with Crippen LogP contribution in [0.1, 0.15) is 0 Å². The summed E-state index contributed by atoms with van der Waals surface area (Å²) >= 11 is 0. The van der Waals surface area contributed by atoms with E-state index in [4.69, 9.17) is 10.5 Å². The van der Waals surface area contributed by atoms with Crippen molar-refractivity contribution >= 4 is 5.69 Å². The predicted molar refractivity (Wildman–Crippen MR) is 67.9 cm³/mol. The smallest absolute Gasteiger partial charge is 0.255 e. The molecule has 0 unspecified atom stereocenters. The zero-order chi connectivity index (χ0) is 13.1. The molecule has 19 heavy (non-hydrogen) atoms. The van der Waals surface area contributed by atoms with Crippen molar-refractivity contribution in [1.29, 1.82) is 0 Å². The summed E-state index contributed by atoms with van der Waals surface area (Å²) in [5.74, 6) is 1.47. The lowest BCUT2D eigenvalue weighted by Crippen LogP contribution is -2.02. The highest BCUT2D eigenvalue weighted by Gasteiger charge is 2.04. The molecule has 0 saturated heterocycles. The third-order valence-electron chi connectivity index (χ3n) is 2.34. The van der Waals surface area contributed by atoms with Crippen LogP contribution < -0.4 is 10.5 Å². The summed E-state index contributed by atoms with van der Waals surface area (Å²) in [4.78, 5) is 12.2. The molecule has 94 valence electrons. The van der Waals surface area contributed by atoms with Gasteiger partial charge in [-0.15, -0.1) is 0 Å². The average Bonchev–Trinajstić information content (AvgIpc) is 2.96. The van der Waals surface area contributed by atoms with Crippen LogP contribution in [0.2, 0.25) is 0 Å². The fourth-order valence-electron chi connectivity index (χ4n) is 1.47. The molecule has 0 aliphatic rings. The van der Waals surface area contributed by atoms with Gasteiger partial charge >= 0.3 is 0 Å². The highest BCUT2D eigenvalue weighted by atomic mass is 16.5. The molecule has 7 nitrogen and oxygen atoms in total. The molecule has 0 saturated carbocycles. The van der Waals surface area contributed by atoms with Crippen molar-refractivity contribution < 1.29 is 4.74 Å². The normalized spacial score (nSPS) is 10.3. The number of aromatic nitrogens is 5. The molecule has 3 rings (SSSR count). The number of nitrogens with two attached hydrogens (primary N) is 1. The maximum atomic E-state index is 5.61. The summed E-state index contributed by atoms with van der Waals surface area (Å²) in [7, 11) is 0. The fourth-order valence-corrected chi connectivity index (χ4v) is 1.47. The third kappa shape index (κ3) is 2.49. The number of ether oxygens (including phenoxy) is 1. The molecular weight excluding hydrogens is 244 g/mol. The Balaban J connectivity index is 1.85. The number of rotatable bonds is 3. The summed E-state index contributed by atoms with van der Waals surface area (Å²) in [6.07, 6.45) is 4.52. The van der Waals surface area contributed by atoms with Crippen LogP contribution >= 0.6 is 0 Å². The minimum Gasteiger partial charge on any atom is -0.439 e. The van der Waals surface area contributed by atoms with Gasteiger partial charge in [0.15, 0.2) is 0 Å². The van der Waals surface area contributed by atoms with Crippen molar-refractivity contribution in [3.05, 3.63) is 49.2 Å². The Kier molecular flexibility index (Phi) is 2.77. The topological polar surface area (TPSA) is 91.7 Å². The molecule has 2 aromatic heterocycles. The summed E-state index contributed by atoms with van der Waals surface area (Å²) in [5.41, 5.74) is 6.29. The third-order valence-corrected chi connectivity index (χ3v) is 2.34. The van der Waals surface area contributed by atoms with E-state index in [-0.39, 0.29) is 0 Å². The first-order valence-electron chi connectivity index (χ1n) is 5.53. The van der Waals surface area contributed by atoms with Gasteiger partial charge in [-0.05, 0) is 24.3 Å². The Hall–Kier alpha value is -2.96. The Morgan fingerprint density at radius 1 is 1.11 bits per heavy atom.